The summed E-state index contributed by atoms with van der Waals surface area (Å²) in [5.41, 5.74) is 1.89. The van der Waals surface area contributed by atoms with Crippen LogP contribution in [0.15, 0.2) is 35.4 Å². The van der Waals surface area contributed by atoms with Crippen molar-refractivity contribution in [3.8, 4) is 5.75 Å². The first-order valence-electron chi connectivity index (χ1n) is 7.41. The lowest BCUT2D eigenvalue weighted by molar-refractivity contribution is 0.0983. The summed E-state index contributed by atoms with van der Waals surface area (Å²) in [4.78, 5) is 18.2. The fraction of sp³-hybridized carbons (Fsp3) is 0.250. The smallest absolute Gasteiger partial charge is 0.260 e. The molecule has 1 aliphatic rings. The van der Waals surface area contributed by atoms with Gasteiger partial charge in [-0.2, -0.15) is 0 Å². The van der Waals surface area contributed by atoms with E-state index in [0.717, 1.165) is 24.6 Å². The van der Waals surface area contributed by atoms with Crippen LogP contribution in [-0.4, -0.2) is 31.0 Å². The first-order chi connectivity index (χ1) is 11.3. The molecule has 0 saturated heterocycles. The van der Waals surface area contributed by atoms with E-state index in [0.29, 0.717) is 17.9 Å². The number of aryl methyl sites for hydroxylation is 2. The normalized spacial score (nSPS) is 14.3. The topological polar surface area (TPSA) is 114 Å². The maximum atomic E-state index is 13.0. The molecule has 3 rings (SSSR count). The lowest BCUT2D eigenvalue weighted by Crippen LogP contribution is -2.36. The highest BCUT2D eigenvalue weighted by Crippen LogP contribution is 2.36. The second kappa shape index (κ2) is 5.88. The lowest BCUT2D eigenvalue weighted by atomic mass is 10.00. The number of para-hydroxylation sites is 1. The van der Waals surface area contributed by atoms with Crippen LogP contribution in [0.5, 0.6) is 5.75 Å². The predicted molar refractivity (Wildman–Crippen MR) is 88.5 cm³/mol. The van der Waals surface area contributed by atoms with Gasteiger partial charge in [-0.3, -0.25) is 9.78 Å². The fourth-order valence-electron chi connectivity index (χ4n) is 2.87. The molecular formula is C16H17N3O4S. The van der Waals surface area contributed by atoms with Gasteiger partial charge < -0.3 is 10.0 Å². The molecule has 7 nitrogen and oxygen atoms in total. The Hall–Kier alpha value is -2.45. The number of aromatic nitrogens is 1. The van der Waals surface area contributed by atoms with Crippen molar-refractivity contribution in [2.45, 2.75) is 24.7 Å². The second-order valence-electron chi connectivity index (χ2n) is 5.69. The number of carbonyl (C=O) groups is 1. The number of fused-ring (bicyclic) bond motifs is 1. The van der Waals surface area contributed by atoms with Crippen LogP contribution in [-0.2, 0) is 16.4 Å². The number of nitrogens with zero attached hydrogens (tertiary/aromatic N) is 2. The summed E-state index contributed by atoms with van der Waals surface area (Å²) >= 11 is 0. The summed E-state index contributed by atoms with van der Waals surface area (Å²) in [6, 6.07) is 6.35. The maximum Gasteiger partial charge on any atom is 0.260 e. The van der Waals surface area contributed by atoms with Gasteiger partial charge in [-0.15, -0.1) is 0 Å². The van der Waals surface area contributed by atoms with Crippen LogP contribution in [0.25, 0.3) is 0 Å². The number of sulfonamides is 1. The number of hydrogen-bond donors (Lipinski definition) is 2. The molecule has 8 heteroatoms. The highest BCUT2D eigenvalue weighted by atomic mass is 32.2. The predicted octanol–water partition coefficient (Wildman–Crippen LogP) is 1.34. The van der Waals surface area contributed by atoms with Gasteiger partial charge in [0.05, 0.1) is 16.9 Å². The van der Waals surface area contributed by atoms with E-state index in [4.69, 9.17) is 5.14 Å². The Kier molecular flexibility index (Phi) is 4.02. The molecule has 0 atom stereocenters. The summed E-state index contributed by atoms with van der Waals surface area (Å²) in [5, 5.41) is 15.3. The molecule has 1 aromatic carbocycles. The zero-order valence-corrected chi connectivity index (χ0v) is 13.9. The van der Waals surface area contributed by atoms with Gasteiger partial charge >= 0.3 is 0 Å². The average molecular weight is 347 g/mol. The fourth-order valence-corrected chi connectivity index (χ4v) is 3.35. The lowest BCUT2D eigenvalue weighted by Gasteiger charge is -2.30. The van der Waals surface area contributed by atoms with Crippen LogP contribution in [0.4, 0.5) is 5.69 Å². The molecule has 3 N–H and O–H groups in total. The number of phenolic OH excluding ortho intramolecular Hbond substituents is 1. The summed E-state index contributed by atoms with van der Waals surface area (Å²) in [5.74, 6) is -0.387. The number of benzene rings is 1. The third-order valence-corrected chi connectivity index (χ3v) is 4.94. The largest absolute Gasteiger partial charge is 0.506 e. The Morgan fingerprint density at radius 1 is 1.38 bits per heavy atom. The monoisotopic (exact) mass is 347 g/mol. The van der Waals surface area contributed by atoms with Gasteiger partial charge in [0.25, 0.3) is 5.91 Å². The van der Waals surface area contributed by atoms with E-state index in [1.807, 2.05) is 6.07 Å². The van der Waals surface area contributed by atoms with E-state index < -0.39 is 15.9 Å². The minimum atomic E-state index is -3.96. The Labute approximate surface area is 139 Å². The number of primary sulfonamides is 1. The Morgan fingerprint density at radius 2 is 2.12 bits per heavy atom. The number of pyridine rings is 1. The van der Waals surface area contributed by atoms with Crippen molar-refractivity contribution in [2.75, 3.05) is 11.4 Å². The number of carbonyl (C=O) groups excluding carboxylic acids is 1. The molecule has 126 valence electrons. The van der Waals surface area contributed by atoms with E-state index >= 15 is 0 Å². The van der Waals surface area contributed by atoms with E-state index in [9.17, 15) is 18.3 Å². The number of nitrogens with two attached hydrogens (primary N) is 1. The zero-order valence-electron chi connectivity index (χ0n) is 13.1. The van der Waals surface area contributed by atoms with Crippen LogP contribution in [0.1, 0.15) is 28.0 Å². The highest BCUT2D eigenvalue weighted by molar-refractivity contribution is 7.89. The van der Waals surface area contributed by atoms with Crippen LogP contribution >= 0.6 is 0 Å². The molecule has 0 saturated carbocycles. The SMILES string of the molecule is Cc1ncc(S(N)(=O)=O)cc1C(=O)N1CCCc2cccc(O)c21. The van der Waals surface area contributed by atoms with E-state index in [-0.39, 0.29) is 16.2 Å². The van der Waals surface area contributed by atoms with Crippen LogP contribution in [0.2, 0.25) is 0 Å². The van der Waals surface area contributed by atoms with Gasteiger partial charge in [0.15, 0.2) is 0 Å². The number of rotatable bonds is 2. The third-order valence-electron chi connectivity index (χ3n) is 4.06. The second-order valence-corrected chi connectivity index (χ2v) is 7.26. The number of amides is 1. The van der Waals surface area contributed by atoms with E-state index in [1.54, 1.807) is 13.0 Å². The minimum absolute atomic E-state index is 0.0220. The zero-order chi connectivity index (χ0) is 17.5. The van der Waals surface area contributed by atoms with Crippen molar-refractivity contribution in [3.05, 3.63) is 47.3 Å². The van der Waals surface area contributed by atoms with Crippen molar-refractivity contribution in [1.29, 1.82) is 0 Å². The standard InChI is InChI=1S/C16H17N3O4S/c1-10-13(8-12(9-18-10)24(17,22)23)16(21)19-7-3-5-11-4-2-6-14(20)15(11)19/h2,4,6,8-9,20H,3,5,7H2,1H3,(H2,17,22,23). The van der Waals surface area contributed by atoms with Crippen molar-refractivity contribution in [2.24, 2.45) is 5.14 Å². The van der Waals surface area contributed by atoms with Crippen LogP contribution < -0.4 is 10.0 Å². The van der Waals surface area contributed by atoms with Gasteiger partial charge in [-0.05, 0) is 37.5 Å². The van der Waals surface area contributed by atoms with Crippen LogP contribution in [0.3, 0.4) is 0 Å². The van der Waals surface area contributed by atoms with Gasteiger partial charge in [0.1, 0.15) is 10.6 Å². The van der Waals surface area contributed by atoms with Crippen molar-refractivity contribution in [1.82, 2.24) is 4.98 Å². The summed E-state index contributed by atoms with van der Waals surface area (Å²) in [7, 11) is -3.96. The Balaban J connectivity index is 2.09. The Bertz CT molecular complexity index is 925. The molecule has 0 spiro atoms. The van der Waals surface area contributed by atoms with Gasteiger partial charge in [0, 0.05) is 12.7 Å². The van der Waals surface area contributed by atoms with Crippen molar-refractivity contribution < 1.29 is 18.3 Å². The number of anilines is 1. The summed E-state index contributed by atoms with van der Waals surface area (Å²) < 4.78 is 23.0. The summed E-state index contributed by atoms with van der Waals surface area (Å²) in [6.45, 7) is 2.05. The van der Waals surface area contributed by atoms with Gasteiger partial charge in [0.2, 0.25) is 10.0 Å². The first-order valence-corrected chi connectivity index (χ1v) is 8.96. The van der Waals surface area contributed by atoms with E-state index in [1.165, 1.54) is 17.0 Å². The van der Waals surface area contributed by atoms with Crippen LogP contribution in [0, 0.1) is 6.92 Å². The first kappa shape index (κ1) is 16.4. The molecule has 0 radical (unpaired) electrons. The molecule has 1 aliphatic heterocycles. The maximum absolute atomic E-state index is 13.0. The third kappa shape index (κ3) is 2.85. The van der Waals surface area contributed by atoms with E-state index in [2.05, 4.69) is 4.98 Å². The Morgan fingerprint density at radius 3 is 2.83 bits per heavy atom. The molecular weight excluding hydrogens is 330 g/mol. The number of phenols is 1. The van der Waals surface area contributed by atoms with Crippen molar-refractivity contribution >= 4 is 21.6 Å². The van der Waals surface area contributed by atoms with Gasteiger partial charge in [-0.25, -0.2) is 13.6 Å². The molecule has 2 aromatic rings. The average Bonchev–Trinajstić information content (AvgIpc) is 2.53. The van der Waals surface area contributed by atoms with Gasteiger partial charge in [-0.1, -0.05) is 12.1 Å². The molecule has 1 aromatic heterocycles. The minimum Gasteiger partial charge on any atom is -0.506 e. The number of hydrogen-bond acceptors (Lipinski definition) is 5. The molecule has 2 heterocycles. The molecule has 24 heavy (non-hydrogen) atoms. The number of aromatic hydroxyl groups is 1. The molecule has 0 fully saturated rings. The molecule has 0 bridgehead atoms. The molecule has 0 unspecified atom stereocenters. The molecule has 0 aliphatic carbocycles. The van der Waals surface area contributed by atoms with Crippen molar-refractivity contribution in [3.63, 3.8) is 0 Å². The molecule has 1 amide bonds. The summed E-state index contributed by atoms with van der Waals surface area (Å²) in [6.07, 6.45) is 2.65. The quantitative estimate of drug-likeness (QED) is 0.851. The highest BCUT2D eigenvalue weighted by Gasteiger charge is 2.28.